The van der Waals surface area contributed by atoms with Gasteiger partial charge in [0, 0.05) is 44.8 Å². The number of alkyl halides is 2. The number of benzene rings is 2. The van der Waals surface area contributed by atoms with Crippen LogP contribution in [0.15, 0.2) is 53.9 Å². The van der Waals surface area contributed by atoms with Gasteiger partial charge in [0.1, 0.15) is 34.3 Å². The standard InChI is InChI=1S/C20H23ClN4O3.C16H18ClN3O4S.C5H9N.CH2Cl2.ClH/c1-3-28-19(26)15-9-23-20(25-10-13-7-14(13)11-25)24-18(15)22-8-12-4-5-17(27-2)16(21)6-12;1-4-24-15(21)11-9-19-16(25(3)22)20-14(11)18-8-10-5-6-13(23-2)12(17)7-10;1-4-2-6-3-5(1)4;2-1-3;/h4-6,9,13-14H,3,7-8,10-11H2,1-2H3,(H,22,23,24);5-7,9H,4,8H2,1-3H3,(H,18,19,20);4-6H,1-3H2;1H2;1H. The number of esters is 2. The second-order valence-corrected chi connectivity index (χ2v) is 17.5. The van der Waals surface area contributed by atoms with E-state index in [1.54, 1.807) is 39.3 Å². The zero-order valence-electron chi connectivity index (χ0n) is 35.6. The topological polar surface area (TPSA) is 179 Å². The predicted molar refractivity (Wildman–Crippen MR) is 251 cm³/mol. The van der Waals surface area contributed by atoms with Crippen molar-refractivity contribution in [2.45, 2.75) is 44.9 Å². The molecule has 2 saturated carbocycles. The molecule has 5 unspecified atom stereocenters. The number of nitrogens with one attached hydrogen (secondary N) is 3. The summed E-state index contributed by atoms with van der Waals surface area (Å²) in [6, 6.07) is 10.9. The zero-order chi connectivity index (χ0) is 44.8. The highest BCUT2D eigenvalue weighted by Crippen LogP contribution is 2.46. The van der Waals surface area contributed by atoms with Gasteiger partial charge in [-0.25, -0.2) is 24.5 Å². The van der Waals surface area contributed by atoms with E-state index in [1.807, 2.05) is 24.3 Å². The van der Waals surface area contributed by atoms with Crippen LogP contribution in [0.1, 0.15) is 58.5 Å². The number of fused-ring (bicyclic) bond motifs is 2. The van der Waals surface area contributed by atoms with Gasteiger partial charge in [0.15, 0.2) is 0 Å². The van der Waals surface area contributed by atoms with Crippen LogP contribution in [0.25, 0.3) is 0 Å². The Balaban J connectivity index is 0.000000228. The lowest BCUT2D eigenvalue weighted by Gasteiger charge is -2.19. The van der Waals surface area contributed by atoms with Crippen molar-refractivity contribution in [2.24, 2.45) is 23.7 Å². The molecular formula is C42H53Cl5N8O7S. The van der Waals surface area contributed by atoms with Crippen LogP contribution in [0.5, 0.6) is 11.5 Å². The quantitative estimate of drug-likeness (QED) is 0.0626. The highest BCUT2D eigenvalue weighted by Gasteiger charge is 2.46. The van der Waals surface area contributed by atoms with Gasteiger partial charge in [-0.1, -0.05) is 35.3 Å². The van der Waals surface area contributed by atoms with E-state index in [0.717, 1.165) is 47.9 Å². The van der Waals surface area contributed by atoms with Crippen molar-refractivity contribution >= 4 is 99.1 Å². The molecule has 344 valence electrons. The summed E-state index contributed by atoms with van der Waals surface area (Å²) in [6.07, 6.45) is 7.15. The summed E-state index contributed by atoms with van der Waals surface area (Å²) in [6.45, 7) is 9.40. The SMILES string of the molecule is C1NCC2CC12.CCOC(=O)c1cnc(N2CC3CC3C2)nc1NCc1ccc(OC)c(Cl)c1.CCOC(=O)c1cnc(S(C)=O)nc1NCc1ccc(OC)c(Cl)c1.Cl.ClCCl. The first-order chi connectivity index (χ1) is 29.9. The van der Waals surface area contributed by atoms with E-state index in [4.69, 9.17) is 65.4 Å². The van der Waals surface area contributed by atoms with Gasteiger partial charge in [-0.3, -0.25) is 4.21 Å². The summed E-state index contributed by atoms with van der Waals surface area (Å²) in [5, 5.41) is 10.9. The highest BCUT2D eigenvalue weighted by molar-refractivity contribution is 7.84. The average molecular weight is 991 g/mol. The van der Waals surface area contributed by atoms with Gasteiger partial charge in [-0.15, -0.1) is 35.6 Å². The number of hydrogen-bond donors (Lipinski definition) is 3. The Labute approximate surface area is 396 Å². The molecule has 63 heavy (non-hydrogen) atoms. The maximum Gasteiger partial charge on any atom is 0.343 e. The minimum Gasteiger partial charge on any atom is -0.495 e. The van der Waals surface area contributed by atoms with E-state index in [0.29, 0.717) is 58.6 Å². The van der Waals surface area contributed by atoms with Crippen LogP contribution >= 0.6 is 58.8 Å². The number of ether oxygens (including phenoxy) is 4. The molecule has 2 saturated heterocycles. The predicted octanol–water partition coefficient (Wildman–Crippen LogP) is 8.12. The maximum atomic E-state index is 12.3. The molecule has 15 nitrogen and oxygen atoms in total. The summed E-state index contributed by atoms with van der Waals surface area (Å²) in [7, 11) is 1.75. The molecule has 4 aromatic rings. The van der Waals surface area contributed by atoms with Crippen molar-refractivity contribution in [1.82, 2.24) is 25.3 Å². The van der Waals surface area contributed by atoms with Crippen LogP contribution in [0.4, 0.5) is 17.6 Å². The molecule has 0 bridgehead atoms. The van der Waals surface area contributed by atoms with Crippen LogP contribution in [-0.2, 0) is 33.4 Å². The third-order valence-electron chi connectivity index (χ3n) is 10.3. The van der Waals surface area contributed by atoms with Gasteiger partial charge in [-0.05, 0) is 98.8 Å². The van der Waals surface area contributed by atoms with E-state index >= 15 is 0 Å². The number of methoxy groups -OCH3 is 2. The molecule has 0 amide bonds. The lowest BCUT2D eigenvalue weighted by atomic mass is 10.2. The van der Waals surface area contributed by atoms with Crippen molar-refractivity contribution in [3.8, 4) is 11.5 Å². The van der Waals surface area contributed by atoms with Crippen molar-refractivity contribution in [1.29, 1.82) is 0 Å². The number of halogens is 5. The molecule has 5 atom stereocenters. The van der Waals surface area contributed by atoms with Gasteiger partial charge in [0.25, 0.3) is 0 Å². The number of nitrogens with zero attached hydrogens (tertiary/aromatic N) is 5. The highest BCUT2D eigenvalue weighted by atomic mass is 35.5. The summed E-state index contributed by atoms with van der Waals surface area (Å²) in [5.74, 6) is 5.32. The van der Waals surface area contributed by atoms with Gasteiger partial charge in [0.05, 0.1) is 53.6 Å². The Morgan fingerprint density at radius 2 is 1.24 bits per heavy atom. The second kappa shape index (κ2) is 25.6. The first kappa shape index (κ1) is 51.7. The minimum absolute atomic E-state index is 0. The molecule has 2 aromatic heterocycles. The maximum absolute atomic E-state index is 12.3. The van der Waals surface area contributed by atoms with Crippen LogP contribution in [-0.4, -0.2) is 101 Å². The van der Waals surface area contributed by atoms with Crippen molar-refractivity contribution < 1.29 is 32.7 Å². The molecule has 4 heterocycles. The Kier molecular flexibility index (Phi) is 21.0. The smallest absolute Gasteiger partial charge is 0.343 e. The number of hydrogen-bond acceptors (Lipinski definition) is 15. The first-order valence-electron chi connectivity index (χ1n) is 20.0. The fraction of sp³-hybridized carbons (Fsp3) is 0.476. The largest absolute Gasteiger partial charge is 0.495 e. The molecule has 0 radical (unpaired) electrons. The number of piperidine rings is 2. The summed E-state index contributed by atoms with van der Waals surface area (Å²) < 4.78 is 32.1. The molecule has 4 fully saturated rings. The number of carbonyl (C=O) groups is 2. The van der Waals surface area contributed by atoms with E-state index in [9.17, 15) is 13.8 Å². The third-order valence-corrected chi connectivity index (χ3v) is 11.6. The number of anilines is 3. The van der Waals surface area contributed by atoms with E-state index in [1.165, 1.54) is 45.5 Å². The van der Waals surface area contributed by atoms with Crippen molar-refractivity contribution in [3.05, 3.63) is 81.1 Å². The molecule has 2 aliphatic carbocycles. The lowest BCUT2D eigenvalue weighted by Crippen LogP contribution is -2.25. The number of aromatic nitrogens is 4. The zero-order valence-corrected chi connectivity index (χ0v) is 40.3. The second-order valence-electron chi connectivity index (χ2n) is 14.6. The summed E-state index contributed by atoms with van der Waals surface area (Å²) in [4.78, 5) is 43.7. The monoisotopic (exact) mass is 988 g/mol. The first-order valence-corrected chi connectivity index (χ1v) is 23.4. The molecule has 3 N–H and O–H groups in total. The normalized spacial score (nSPS) is 18.7. The van der Waals surface area contributed by atoms with Crippen molar-refractivity contribution in [2.75, 3.05) is 80.7 Å². The van der Waals surface area contributed by atoms with Gasteiger partial charge in [0.2, 0.25) is 11.1 Å². The molecule has 8 rings (SSSR count). The van der Waals surface area contributed by atoms with Gasteiger partial charge >= 0.3 is 11.9 Å². The molecule has 0 spiro atoms. The van der Waals surface area contributed by atoms with Crippen LogP contribution in [0, 0.1) is 23.7 Å². The molecule has 4 aliphatic rings. The van der Waals surface area contributed by atoms with Gasteiger partial charge < -0.3 is 39.8 Å². The Morgan fingerprint density at radius 1 is 0.778 bits per heavy atom. The Morgan fingerprint density at radius 3 is 1.63 bits per heavy atom. The van der Waals surface area contributed by atoms with E-state index in [2.05, 4.69) is 40.8 Å². The minimum atomic E-state index is -1.37. The van der Waals surface area contributed by atoms with E-state index < -0.39 is 22.7 Å². The van der Waals surface area contributed by atoms with Crippen LogP contribution < -0.4 is 30.3 Å². The van der Waals surface area contributed by atoms with Crippen molar-refractivity contribution in [3.63, 3.8) is 0 Å². The molecule has 2 aromatic carbocycles. The van der Waals surface area contributed by atoms with Gasteiger partial charge in [-0.2, -0.15) is 4.98 Å². The summed E-state index contributed by atoms with van der Waals surface area (Å²) >= 11 is 21.8. The molecule has 2 aliphatic heterocycles. The summed E-state index contributed by atoms with van der Waals surface area (Å²) in [5.41, 5.74) is 2.31. The molecule has 21 heteroatoms. The third kappa shape index (κ3) is 15.1. The lowest BCUT2D eigenvalue weighted by molar-refractivity contribution is 0.0516. The Hall–Kier alpha value is -3.90. The van der Waals surface area contributed by atoms with Crippen LogP contribution in [0.3, 0.4) is 0 Å². The molecular weight excluding hydrogens is 938 g/mol. The number of carbonyl (C=O) groups excluding carboxylic acids is 2. The van der Waals surface area contributed by atoms with E-state index in [-0.39, 0.29) is 40.9 Å². The Bertz CT molecular complexity index is 2160. The fourth-order valence-electron chi connectivity index (χ4n) is 6.85. The van der Waals surface area contributed by atoms with Crippen LogP contribution in [0.2, 0.25) is 10.0 Å². The fourth-order valence-corrected chi connectivity index (χ4v) is 7.83. The number of rotatable bonds is 14. The average Bonchev–Trinajstić information content (AvgIpc) is 4.10.